The van der Waals surface area contributed by atoms with Gasteiger partial charge in [-0.05, 0) is 29.8 Å². The predicted octanol–water partition coefficient (Wildman–Crippen LogP) is 1.98. The first kappa shape index (κ1) is 17.5. The first-order chi connectivity index (χ1) is 12.3. The zero-order valence-electron chi connectivity index (χ0n) is 14.4. The van der Waals surface area contributed by atoms with Crippen LogP contribution in [0.5, 0.6) is 5.75 Å². The molecule has 0 aliphatic carbocycles. The molecule has 1 aliphatic heterocycles. The summed E-state index contributed by atoms with van der Waals surface area (Å²) in [5.74, 6) is 0.857. The van der Waals surface area contributed by atoms with Crippen LogP contribution in [0.3, 0.4) is 0 Å². The van der Waals surface area contributed by atoms with Gasteiger partial charge in [0.05, 0.1) is 0 Å². The van der Waals surface area contributed by atoms with Crippen LogP contribution in [0.15, 0.2) is 54.6 Å². The van der Waals surface area contributed by atoms with Crippen molar-refractivity contribution in [3.8, 4) is 5.75 Å². The Morgan fingerprint density at radius 1 is 0.960 bits per heavy atom. The molecule has 0 radical (unpaired) electrons. The number of ether oxygens (including phenoxy) is 1. The Labute approximate surface area is 149 Å². The number of carbonyl (C=O) groups is 1. The van der Waals surface area contributed by atoms with E-state index in [0.29, 0.717) is 18.7 Å². The predicted molar refractivity (Wildman–Crippen MR) is 98.6 cm³/mol. The first-order valence-corrected chi connectivity index (χ1v) is 8.75. The molecule has 1 saturated heterocycles. The Morgan fingerprint density at radius 3 is 2.28 bits per heavy atom. The zero-order chi connectivity index (χ0) is 17.5. The van der Waals surface area contributed by atoms with Crippen LogP contribution in [-0.2, 0) is 6.61 Å². The van der Waals surface area contributed by atoms with Crippen molar-refractivity contribution in [1.82, 2.24) is 9.80 Å². The van der Waals surface area contributed by atoms with E-state index in [9.17, 15) is 4.79 Å². The van der Waals surface area contributed by atoms with E-state index < -0.39 is 0 Å². The summed E-state index contributed by atoms with van der Waals surface area (Å²) >= 11 is 0. The zero-order valence-corrected chi connectivity index (χ0v) is 14.4. The fourth-order valence-corrected chi connectivity index (χ4v) is 2.97. The molecule has 0 saturated carbocycles. The van der Waals surface area contributed by atoms with E-state index >= 15 is 0 Å². The lowest BCUT2D eigenvalue weighted by Crippen LogP contribution is -2.49. The number of nitrogens with two attached hydrogens (primary N) is 1. The second kappa shape index (κ2) is 8.65. The van der Waals surface area contributed by atoms with E-state index in [0.717, 1.165) is 44.0 Å². The number of hydrogen-bond acceptors (Lipinski definition) is 4. The summed E-state index contributed by atoms with van der Waals surface area (Å²) in [6.07, 6.45) is 0. The third kappa shape index (κ3) is 4.81. The van der Waals surface area contributed by atoms with Gasteiger partial charge in [0.1, 0.15) is 12.4 Å². The molecule has 0 atom stereocenters. The van der Waals surface area contributed by atoms with Gasteiger partial charge in [-0.25, -0.2) is 0 Å². The molecule has 1 amide bonds. The topological polar surface area (TPSA) is 58.8 Å². The lowest BCUT2D eigenvalue weighted by molar-refractivity contribution is 0.0641. The summed E-state index contributed by atoms with van der Waals surface area (Å²) in [5.41, 5.74) is 7.42. The van der Waals surface area contributed by atoms with E-state index in [2.05, 4.69) is 4.90 Å². The maximum absolute atomic E-state index is 12.6. The van der Waals surface area contributed by atoms with E-state index in [-0.39, 0.29) is 5.91 Å². The smallest absolute Gasteiger partial charge is 0.253 e. The second-order valence-corrected chi connectivity index (χ2v) is 6.22. The van der Waals surface area contributed by atoms with Gasteiger partial charge in [-0.1, -0.05) is 30.3 Å². The van der Waals surface area contributed by atoms with Crippen molar-refractivity contribution in [1.29, 1.82) is 0 Å². The minimum atomic E-state index is 0.0852. The van der Waals surface area contributed by atoms with Gasteiger partial charge in [-0.15, -0.1) is 0 Å². The lowest BCUT2D eigenvalue weighted by Gasteiger charge is -2.34. The highest BCUT2D eigenvalue weighted by Crippen LogP contribution is 2.16. The van der Waals surface area contributed by atoms with Gasteiger partial charge < -0.3 is 15.4 Å². The Hall–Kier alpha value is -2.37. The van der Waals surface area contributed by atoms with Crippen molar-refractivity contribution in [3.05, 3.63) is 65.7 Å². The highest BCUT2D eigenvalue weighted by Gasteiger charge is 2.21. The van der Waals surface area contributed by atoms with Crippen LogP contribution < -0.4 is 10.5 Å². The van der Waals surface area contributed by atoms with Gasteiger partial charge in [0.2, 0.25) is 0 Å². The molecule has 5 nitrogen and oxygen atoms in total. The van der Waals surface area contributed by atoms with Gasteiger partial charge in [0, 0.05) is 44.8 Å². The maximum Gasteiger partial charge on any atom is 0.253 e. The summed E-state index contributed by atoms with van der Waals surface area (Å²) in [6.45, 7) is 5.38. The van der Waals surface area contributed by atoms with Crippen molar-refractivity contribution in [3.63, 3.8) is 0 Å². The molecule has 1 heterocycles. The molecule has 5 heteroatoms. The van der Waals surface area contributed by atoms with Crippen LogP contribution in [0.2, 0.25) is 0 Å². The molecule has 3 rings (SSSR count). The molecule has 1 fully saturated rings. The number of carbonyl (C=O) groups excluding carboxylic acids is 1. The quantitative estimate of drug-likeness (QED) is 0.874. The third-order valence-electron chi connectivity index (χ3n) is 4.45. The van der Waals surface area contributed by atoms with Gasteiger partial charge in [0.25, 0.3) is 5.91 Å². The van der Waals surface area contributed by atoms with Crippen molar-refractivity contribution in [2.24, 2.45) is 5.73 Å². The Balaban J connectivity index is 1.52. The normalized spacial score (nSPS) is 15.2. The van der Waals surface area contributed by atoms with Crippen LogP contribution >= 0.6 is 0 Å². The number of nitrogens with zero attached hydrogens (tertiary/aromatic N) is 2. The highest BCUT2D eigenvalue weighted by atomic mass is 16.5. The fourth-order valence-electron chi connectivity index (χ4n) is 2.97. The van der Waals surface area contributed by atoms with E-state index in [1.807, 2.05) is 59.5 Å². The van der Waals surface area contributed by atoms with Gasteiger partial charge in [-0.3, -0.25) is 9.69 Å². The first-order valence-electron chi connectivity index (χ1n) is 8.75. The molecule has 0 unspecified atom stereocenters. The van der Waals surface area contributed by atoms with Crippen LogP contribution in [0.25, 0.3) is 0 Å². The monoisotopic (exact) mass is 339 g/mol. The summed E-state index contributed by atoms with van der Waals surface area (Å²) in [4.78, 5) is 16.8. The molecular formula is C20H25N3O2. The minimum absolute atomic E-state index is 0.0852. The van der Waals surface area contributed by atoms with Crippen LogP contribution in [0.1, 0.15) is 15.9 Å². The van der Waals surface area contributed by atoms with E-state index in [1.54, 1.807) is 0 Å². The summed E-state index contributed by atoms with van der Waals surface area (Å²) < 4.78 is 5.77. The maximum atomic E-state index is 12.6. The molecule has 1 aliphatic rings. The largest absolute Gasteiger partial charge is 0.489 e. The minimum Gasteiger partial charge on any atom is -0.489 e. The molecular weight excluding hydrogens is 314 g/mol. The summed E-state index contributed by atoms with van der Waals surface area (Å²) in [5, 5.41) is 0. The van der Waals surface area contributed by atoms with Crippen LogP contribution in [-0.4, -0.2) is 55.0 Å². The molecule has 132 valence electrons. The molecule has 0 bridgehead atoms. The van der Waals surface area contributed by atoms with Crippen molar-refractivity contribution in [2.75, 3.05) is 39.3 Å². The molecule has 2 aromatic rings. The van der Waals surface area contributed by atoms with Crippen LogP contribution in [0.4, 0.5) is 0 Å². The molecule has 2 aromatic carbocycles. The molecule has 2 N–H and O–H groups in total. The van der Waals surface area contributed by atoms with Crippen molar-refractivity contribution < 1.29 is 9.53 Å². The average Bonchev–Trinajstić information content (AvgIpc) is 2.68. The van der Waals surface area contributed by atoms with Gasteiger partial charge in [0.15, 0.2) is 0 Å². The Bertz CT molecular complexity index is 665. The van der Waals surface area contributed by atoms with Gasteiger partial charge in [-0.2, -0.15) is 0 Å². The fraction of sp³-hybridized carbons (Fsp3) is 0.350. The van der Waals surface area contributed by atoms with Gasteiger partial charge >= 0.3 is 0 Å². The highest BCUT2D eigenvalue weighted by molar-refractivity contribution is 5.94. The average molecular weight is 339 g/mol. The standard InChI is InChI=1S/C20H25N3O2/c21-10-11-22-12-14-23(15-13-22)20(24)18-6-8-19(9-7-18)25-16-17-4-2-1-3-5-17/h1-9H,10-16,21H2. The Kier molecular flexibility index (Phi) is 6.04. The van der Waals surface area contributed by atoms with E-state index in [4.69, 9.17) is 10.5 Å². The summed E-state index contributed by atoms with van der Waals surface area (Å²) in [7, 11) is 0. The number of benzene rings is 2. The summed E-state index contributed by atoms with van der Waals surface area (Å²) in [6, 6.07) is 17.4. The number of amides is 1. The number of piperazine rings is 1. The number of hydrogen-bond donors (Lipinski definition) is 1. The SMILES string of the molecule is NCCN1CCN(C(=O)c2ccc(OCc3ccccc3)cc2)CC1. The molecule has 0 aromatic heterocycles. The third-order valence-corrected chi connectivity index (χ3v) is 4.45. The second-order valence-electron chi connectivity index (χ2n) is 6.22. The number of rotatable bonds is 6. The molecule has 0 spiro atoms. The molecule has 25 heavy (non-hydrogen) atoms. The Morgan fingerprint density at radius 2 is 1.64 bits per heavy atom. The van der Waals surface area contributed by atoms with Crippen molar-refractivity contribution >= 4 is 5.91 Å². The lowest BCUT2D eigenvalue weighted by atomic mass is 10.1. The van der Waals surface area contributed by atoms with Crippen LogP contribution in [0, 0.1) is 0 Å². The van der Waals surface area contributed by atoms with E-state index in [1.165, 1.54) is 0 Å². The van der Waals surface area contributed by atoms with Crippen molar-refractivity contribution in [2.45, 2.75) is 6.61 Å².